The number of ether oxygens (including phenoxy) is 4. The molecule has 0 aliphatic heterocycles. The Balaban J connectivity index is 1.34. The van der Waals surface area contributed by atoms with Crippen LogP contribution in [0.3, 0.4) is 0 Å². The first-order valence-corrected chi connectivity index (χ1v) is 14.4. The van der Waals surface area contributed by atoms with Crippen molar-refractivity contribution in [3.8, 4) is 46.3 Å². The van der Waals surface area contributed by atoms with Gasteiger partial charge in [0.2, 0.25) is 0 Å². The molecule has 8 heteroatoms. The Morgan fingerprint density at radius 1 is 0.630 bits per heavy atom. The molecule has 46 heavy (non-hydrogen) atoms. The number of hydrogen-bond acceptors (Lipinski definition) is 8. The van der Waals surface area contributed by atoms with Crippen molar-refractivity contribution in [2.45, 2.75) is 13.8 Å². The van der Waals surface area contributed by atoms with E-state index >= 15 is 0 Å². The van der Waals surface area contributed by atoms with Gasteiger partial charge in [0.25, 0.3) is 0 Å². The van der Waals surface area contributed by atoms with Crippen LogP contribution in [0.5, 0.6) is 11.5 Å². The zero-order valence-corrected chi connectivity index (χ0v) is 25.7. The highest BCUT2D eigenvalue weighted by Gasteiger charge is 2.07. The summed E-state index contributed by atoms with van der Waals surface area (Å²) in [6, 6.07) is 19.4. The van der Waals surface area contributed by atoms with Crippen molar-refractivity contribution < 1.29 is 28.5 Å². The van der Waals surface area contributed by atoms with Crippen molar-refractivity contribution in [2.75, 3.05) is 26.4 Å². The summed E-state index contributed by atoms with van der Waals surface area (Å²) in [6.07, 6.45) is 5.39. The molecule has 0 saturated heterocycles. The Morgan fingerprint density at radius 3 is 1.41 bits per heavy atom. The molecule has 4 rings (SSSR count). The number of carbonyl (C=O) groups excluding carboxylic acids is 2. The van der Waals surface area contributed by atoms with Crippen LogP contribution in [0.25, 0.3) is 11.1 Å². The van der Waals surface area contributed by atoms with E-state index in [-0.39, 0.29) is 26.4 Å². The summed E-state index contributed by atoms with van der Waals surface area (Å²) >= 11 is 0. The molecule has 0 radical (unpaired) electrons. The van der Waals surface area contributed by atoms with Crippen LogP contribution in [-0.4, -0.2) is 48.3 Å². The second-order valence-electron chi connectivity index (χ2n) is 9.76. The molecule has 0 atom stereocenters. The van der Waals surface area contributed by atoms with Crippen LogP contribution in [-0.2, 0) is 19.1 Å². The zero-order valence-electron chi connectivity index (χ0n) is 25.7. The minimum absolute atomic E-state index is 0.130. The number of aromatic nitrogens is 2. The predicted molar refractivity (Wildman–Crippen MR) is 175 cm³/mol. The molecule has 0 aliphatic rings. The first kappa shape index (κ1) is 32.8. The standard InChI is InChI=1S/C38H32N2O6/c1-5-37(41)45-21-19-43-33-15-13-31(39-25-33)11-7-29-9-17-35(27(3)23-29)36-18-10-30(24-28(36)4)8-12-32-14-16-34(26-40-32)44-20-22-46-38(42)6-2/h5-6,9-10,13-18,23-26H,1-2,19-22H2,3-4H3. The van der Waals surface area contributed by atoms with E-state index in [2.05, 4.69) is 84.9 Å². The van der Waals surface area contributed by atoms with Crippen molar-refractivity contribution in [3.63, 3.8) is 0 Å². The first-order chi connectivity index (χ1) is 22.3. The van der Waals surface area contributed by atoms with E-state index in [0.29, 0.717) is 22.9 Å². The molecule has 0 amide bonds. The van der Waals surface area contributed by atoms with Gasteiger partial charge < -0.3 is 18.9 Å². The largest absolute Gasteiger partial charge is 0.488 e. The van der Waals surface area contributed by atoms with Crippen LogP contribution in [0.15, 0.2) is 98.4 Å². The molecule has 0 N–H and O–H groups in total. The maximum absolute atomic E-state index is 11.1. The Bertz CT molecular complexity index is 1700. The van der Waals surface area contributed by atoms with E-state index in [4.69, 9.17) is 18.9 Å². The summed E-state index contributed by atoms with van der Waals surface area (Å²) in [5, 5.41) is 0. The van der Waals surface area contributed by atoms with Gasteiger partial charge in [0.1, 0.15) is 49.3 Å². The smallest absolute Gasteiger partial charge is 0.330 e. The second-order valence-corrected chi connectivity index (χ2v) is 9.76. The van der Waals surface area contributed by atoms with Gasteiger partial charge in [-0.25, -0.2) is 19.6 Å². The van der Waals surface area contributed by atoms with Gasteiger partial charge in [-0.15, -0.1) is 0 Å². The average molecular weight is 613 g/mol. The van der Waals surface area contributed by atoms with E-state index in [0.717, 1.165) is 45.5 Å². The number of carbonyl (C=O) groups is 2. The number of aryl methyl sites for hydroxylation is 2. The normalized spacial score (nSPS) is 9.87. The molecule has 230 valence electrons. The molecule has 8 nitrogen and oxygen atoms in total. The Kier molecular flexibility index (Phi) is 11.9. The van der Waals surface area contributed by atoms with Crippen molar-refractivity contribution in [2.24, 2.45) is 0 Å². The summed E-state index contributed by atoms with van der Waals surface area (Å²) in [5.74, 6) is 12.7. The molecule has 0 unspecified atom stereocenters. The summed E-state index contributed by atoms with van der Waals surface area (Å²) in [4.78, 5) is 30.8. The van der Waals surface area contributed by atoms with Crippen LogP contribution < -0.4 is 9.47 Å². The lowest BCUT2D eigenvalue weighted by Crippen LogP contribution is -2.10. The number of hydrogen-bond donors (Lipinski definition) is 0. The average Bonchev–Trinajstić information content (AvgIpc) is 3.08. The minimum atomic E-state index is -0.487. The number of rotatable bonds is 11. The van der Waals surface area contributed by atoms with E-state index < -0.39 is 11.9 Å². The highest BCUT2D eigenvalue weighted by Crippen LogP contribution is 2.28. The number of pyridine rings is 2. The maximum atomic E-state index is 11.1. The highest BCUT2D eigenvalue weighted by atomic mass is 16.6. The SMILES string of the molecule is C=CC(=O)OCCOc1ccc(C#Cc2ccc(-c3ccc(C#Cc4ccc(OCCOC(=O)C=C)cn4)cc3C)c(C)c2)nc1. The fourth-order valence-electron chi connectivity index (χ4n) is 4.16. The summed E-state index contributed by atoms with van der Waals surface area (Å²) in [6.45, 7) is 11.5. The van der Waals surface area contributed by atoms with E-state index in [1.165, 1.54) is 0 Å². The third kappa shape index (κ3) is 9.97. The van der Waals surface area contributed by atoms with E-state index in [9.17, 15) is 9.59 Å². The molecule has 2 aromatic carbocycles. The van der Waals surface area contributed by atoms with Crippen molar-refractivity contribution in [1.82, 2.24) is 9.97 Å². The van der Waals surface area contributed by atoms with Crippen molar-refractivity contribution in [1.29, 1.82) is 0 Å². The fraction of sp³-hybridized carbons (Fsp3) is 0.158. The fourth-order valence-corrected chi connectivity index (χ4v) is 4.16. The van der Waals surface area contributed by atoms with Gasteiger partial charge in [0, 0.05) is 23.3 Å². The summed E-state index contributed by atoms with van der Waals surface area (Å²) < 4.78 is 20.8. The van der Waals surface area contributed by atoms with Crippen LogP contribution in [0.1, 0.15) is 33.6 Å². The zero-order chi connectivity index (χ0) is 32.7. The first-order valence-electron chi connectivity index (χ1n) is 14.4. The molecule has 0 spiro atoms. The monoisotopic (exact) mass is 612 g/mol. The molecule has 4 aromatic rings. The molecule has 2 aromatic heterocycles. The van der Waals surface area contributed by atoms with Crippen LogP contribution in [0, 0.1) is 37.5 Å². The summed E-state index contributed by atoms with van der Waals surface area (Å²) in [7, 11) is 0. The van der Waals surface area contributed by atoms with Gasteiger partial charge in [0.05, 0.1) is 12.4 Å². The minimum Gasteiger partial charge on any atom is -0.488 e. The van der Waals surface area contributed by atoms with Gasteiger partial charge in [-0.1, -0.05) is 37.1 Å². The Morgan fingerprint density at radius 2 is 1.07 bits per heavy atom. The van der Waals surface area contributed by atoms with Crippen LogP contribution in [0.2, 0.25) is 0 Å². The van der Waals surface area contributed by atoms with Crippen LogP contribution >= 0.6 is 0 Å². The van der Waals surface area contributed by atoms with E-state index in [1.807, 2.05) is 12.1 Å². The predicted octanol–water partition coefficient (Wildman–Crippen LogP) is 5.78. The lowest BCUT2D eigenvalue weighted by Gasteiger charge is -2.10. The Labute approximate surface area is 268 Å². The third-order valence-electron chi connectivity index (χ3n) is 6.41. The van der Waals surface area contributed by atoms with Gasteiger partial charge in [0.15, 0.2) is 0 Å². The second kappa shape index (κ2) is 16.7. The highest BCUT2D eigenvalue weighted by molar-refractivity contribution is 5.81. The number of esters is 2. The van der Waals surface area contributed by atoms with Crippen molar-refractivity contribution >= 4 is 11.9 Å². The molecular weight excluding hydrogens is 580 g/mol. The molecule has 0 saturated carbocycles. The lowest BCUT2D eigenvalue weighted by atomic mass is 9.94. The van der Waals surface area contributed by atoms with Gasteiger partial charge in [-0.3, -0.25) is 0 Å². The Hall–Kier alpha value is -6.12. The van der Waals surface area contributed by atoms with E-state index in [1.54, 1.807) is 36.7 Å². The summed E-state index contributed by atoms with van der Waals surface area (Å²) in [5.41, 5.74) is 7.45. The number of benzene rings is 2. The molecule has 0 bridgehead atoms. The number of nitrogens with zero attached hydrogens (tertiary/aromatic N) is 2. The molecule has 2 heterocycles. The topological polar surface area (TPSA) is 96.8 Å². The van der Waals surface area contributed by atoms with Crippen molar-refractivity contribution in [3.05, 3.63) is 132 Å². The molecule has 0 fully saturated rings. The van der Waals surface area contributed by atoms with Gasteiger partial charge in [-0.2, -0.15) is 0 Å². The molecule has 0 aliphatic carbocycles. The quantitative estimate of drug-likeness (QED) is 0.0911. The lowest BCUT2D eigenvalue weighted by molar-refractivity contribution is -0.139. The molecular formula is C38H32N2O6. The van der Waals surface area contributed by atoms with Gasteiger partial charge >= 0.3 is 11.9 Å². The van der Waals surface area contributed by atoms with Crippen LogP contribution in [0.4, 0.5) is 0 Å². The maximum Gasteiger partial charge on any atom is 0.330 e. The van der Waals surface area contributed by atoms with Gasteiger partial charge in [-0.05, 0) is 96.5 Å². The third-order valence-corrected chi connectivity index (χ3v) is 6.41.